The Morgan fingerprint density at radius 1 is 1.00 bits per heavy atom. The zero-order valence-corrected chi connectivity index (χ0v) is 18.7. The fourth-order valence-electron chi connectivity index (χ4n) is 5.26. The summed E-state index contributed by atoms with van der Waals surface area (Å²) in [5.41, 5.74) is 1.36. The molecule has 5 atom stereocenters. The lowest BCUT2D eigenvalue weighted by Crippen LogP contribution is -2.50. The maximum Gasteiger partial charge on any atom is 0.407 e. The molecule has 3 aliphatic rings. The number of rotatable bonds is 5. The van der Waals surface area contributed by atoms with Gasteiger partial charge in [0, 0.05) is 17.1 Å². The second-order valence-electron chi connectivity index (χ2n) is 9.03. The number of Topliss-reactive ketones (excluding diaryl/α,β-unsaturated/α-hetero) is 1. The summed E-state index contributed by atoms with van der Waals surface area (Å²) in [5.74, 6) is 0.547. The average Bonchev–Trinajstić information content (AvgIpc) is 3.38. The van der Waals surface area contributed by atoms with Gasteiger partial charge in [-0.3, -0.25) is 9.59 Å². The van der Waals surface area contributed by atoms with Crippen LogP contribution in [0.25, 0.3) is 0 Å². The first-order valence-corrected chi connectivity index (χ1v) is 11.6. The van der Waals surface area contributed by atoms with E-state index in [1.54, 1.807) is 18.2 Å². The van der Waals surface area contributed by atoms with Crippen LogP contribution in [0.1, 0.15) is 41.6 Å². The summed E-state index contributed by atoms with van der Waals surface area (Å²) in [6.45, 7) is 0.238. The summed E-state index contributed by atoms with van der Waals surface area (Å²) in [5, 5.41) is 6.52. The minimum Gasteiger partial charge on any atom is -0.479 e. The first kappa shape index (κ1) is 21.8. The van der Waals surface area contributed by atoms with Gasteiger partial charge in [-0.15, -0.1) is 0 Å². The van der Waals surface area contributed by atoms with E-state index in [2.05, 4.69) is 10.6 Å². The van der Waals surface area contributed by atoms with Crippen LogP contribution in [0.15, 0.2) is 48.5 Å². The molecule has 8 heteroatoms. The lowest BCUT2D eigenvalue weighted by molar-refractivity contribution is -0.129. The Bertz CT molecular complexity index is 1080. The summed E-state index contributed by atoms with van der Waals surface area (Å²) >= 11 is 5.96. The van der Waals surface area contributed by atoms with E-state index >= 15 is 0 Å². The fraction of sp³-hybridized carbons (Fsp3) is 0.400. The molecular formula is C25H25ClN2O5. The number of alkyl carbamates (subject to hydrolysis) is 1. The zero-order valence-electron chi connectivity index (χ0n) is 18.0. The van der Waals surface area contributed by atoms with Gasteiger partial charge >= 0.3 is 6.09 Å². The normalized spacial score (nSPS) is 27.4. The zero-order chi connectivity index (χ0) is 22.9. The number of ketones is 1. The van der Waals surface area contributed by atoms with Crippen LogP contribution in [0.4, 0.5) is 4.79 Å². The third-order valence-electron chi connectivity index (χ3n) is 6.88. The minimum atomic E-state index is -0.841. The Hall–Kier alpha value is -3.06. The van der Waals surface area contributed by atoms with Crippen LogP contribution >= 0.6 is 11.6 Å². The molecule has 2 saturated carbocycles. The van der Waals surface area contributed by atoms with E-state index in [-0.39, 0.29) is 42.7 Å². The molecule has 33 heavy (non-hydrogen) atoms. The molecule has 4 unspecified atom stereocenters. The third kappa shape index (κ3) is 4.69. The van der Waals surface area contributed by atoms with Crippen LogP contribution in [0.3, 0.4) is 0 Å². The third-order valence-corrected chi connectivity index (χ3v) is 7.11. The quantitative estimate of drug-likeness (QED) is 0.694. The van der Waals surface area contributed by atoms with E-state index in [1.165, 1.54) is 0 Å². The predicted molar refractivity (Wildman–Crippen MR) is 121 cm³/mol. The van der Waals surface area contributed by atoms with Gasteiger partial charge in [0.25, 0.3) is 5.91 Å². The number of carbonyl (C=O) groups excluding carboxylic acids is 3. The highest BCUT2D eigenvalue weighted by Gasteiger charge is 2.47. The summed E-state index contributed by atoms with van der Waals surface area (Å²) in [6.07, 6.45) is 1.27. The number of ether oxygens (including phenoxy) is 2. The van der Waals surface area contributed by atoms with Crippen LogP contribution in [0.5, 0.6) is 5.75 Å². The number of hydrogen-bond donors (Lipinski definition) is 2. The van der Waals surface area contributed by atoms with E-state index in [9.17, 15) is 14.4 Å². The highest BCUT2D eigenvalue weighted by atomic mass is 35.5. The first-order chi connectivity index (χ1) is 16.0. The number of amides is 2. The van der Waals surface area contributed by atoms with Gasteiger partial charge in [0.05, 0.1) is 12.0 Å². The van der Waals surface area contributed by atoms with Crippen molar-refractivity contribution in [3.05, 3.63) is 64.7 Å². The Morgan fingerprint density at radius 3 is 2.45 bits per heavy atom. The molecule has 1 aliphatic heterocycles. The van der Waals surface area contributed by atoms with Crippen molar-refractivity contribution in [3.8, 4) is 5.75 Å². The lowest BCUT2D eigenvalue weighted by Gasteiger charge is -2.31. The van der Waals surface area contributed by atoms with Crippen molar-refractivity contribution in [2.24, 2.45) is 11.8 Å². The lowest BCUT2D eigenvalue weighted by atomic mass is 9.91. The molecule has 2 N–H and O–H groups in total. The number of benzene rings is 2. The van der Waals surface area contributed by atoms with Gasteiger partial charge < -0.3 is 20.1 Å². The van der Waals surface area contributed by atoms with Crippen LogP contribution in [0.2, 0.25) is 5.02 Å². The van der Waals surface area contributed by atoms with Gasteiger partial charge in [-0.2, -0.15) is 0 Å². The van der Waals surface area contributed by atoms with Crippen molar-refractivity contribution in [1.82, 2.24) is 10.6 Å². The fourth-order valence-corrected chi connectivity index (χ4v) is 5.44. The van der Waals surface area contributed by atoms with E-state index in [1.807, 2.05) is 30.3 Å². The topological polar surface area (TPSA) is 93.7 Å². The second-order valence-corrected chi connectivity index (χ2v) is 9.47. The van der Waals surface area contributed by atoms with Crippen LogP contribution in [-0.2, 0) is 16.1 Å². The second kappa shape index (κ2) is 9.06. The number of nitrogens with one attached hydrogen (secondary N) is 2. The number of hydrogen-bond acceptors (Lipinski definition) is 5. The van der Waals surface area contributed by atoms with Gasteiger partial charge in [0.15, 0.2) is 11.9 Å². The Balaban J connectivity index is 1.10. The van der Waals surface area contributed by atoms with E-state index in [0.717, 1.165) is 24.8 Å². The van der Waals surface area contributed by atoms with E-state index in [0.29, 0.717) is 22.3 Å². The van der Waals surface area contributed by atoms with E-state index in [4.69, 9.17) is 21.1 Å². The van der Waals surface area contributed by atoms with Crippen molar-refractivity contribution in [1.29, 1.82) is 0 Å². The van der Waals surface area contributed by atoms with Gasteiger partial charge in [0.1, 0.15) is 12.4 Å². The van der Waals surface area contributed by atoms with Crippen molar-refractivity contribution in [2.75, 3.05) is 0 Å². The SMILES string of the molecule is O=C(NC1CC2CC1CC2NC(=O)[C@H]1CC(=O)c2cc(Cl)ccc2O1)OCc1ccccc1. The van der Waals surface area contributed by atoms with Crippen LogP contribution in [0, 0.1) is 11.8 Å². The molecule has 0 radical (unpaired) electrons. The molecular weight excluding hydrogens is 444 g/mol. The number of carbonyl (C=O) groups is 3. The smallest absolute Gasteiger partial charge is 0.407 e. The van der Waals surface area contributed by atoms with Crippen LogP contribution in [-0.4, -0.2) is 36.0 Å². The number of fused-ring (bicyclic) bond motifs is 3. The Labute approximate surface area is 196 Å². The van der Waals surface area contributed by atoms with Gasteiger partial charge in [0.2, 0.25) is 0 Å². The Morgan fingerprint density at radius 2 is 1.73 bits per heavy atom. The van der Waals surface area contributed by atoms with Gasteiger partial charge in [-0.25, -0.2) is 4.79 Å². The molecule has 2 aliphatic carbocycles. The number of halogens is 1. The van der Waals surface area contributed by atoms with Crippen molar-refractivity contribution in [2.45, 2.75) is 50.5 Å². The molecule has 2 aromatic carbocycles. The molecule has 5 rings (SSSR count). The maximum absolute atomic E-state index is 12.8. The van der Waals surface area contributed by atoms with Gasteiger partial charge in [-0.1, -0.05) is 41.9 Å². The summed E-state index contributed by atoms with van der Waals surface area (Å²) in [6, 6.07) is 14.5. The van der Waals surface area contributed by atoms with Crippen molar-refractivity contribution < 1.29 is 23.9 Å². The molecule has 2 bridgehead atoms. The summed E-state index contributed by atoms with van der Waals surface area (Å²) in [4.78, 5) is 37.5. The van der Waals surface area contributed by atoms with Crippen molar-refractivity contribution in [3.63, 3.8) is 0 Å². The highest BCUT2D eigenvalue weighted by Crippen LogP contribution is 2.45. The molecule has 1 heterocycles. The van der Waals surface area contributed by atoms with Gasteiger partial charge in [-0.05, 0) is 54.9 Å². The highest BCUT2D eigenvalue weighted by molar-refractivity contribution is 6.31. The first-order valence-electron chi connectivity index (χ1n) is 11.2. The molecule has 2 amide bonds. The van der Waals surface area contributed by atoms with E-state index < -0.39 is 12.2 Å². The molecule has 2 aromatic rings. The Kier molecular flexibility index (Phi) is 5.98. The summed E-state index contributed by atoms with van der Waals surface area (Å²) in [7, 11) is 0. The molecule has 2 fully saturated rings. The predicted octanol–water partition coefficient (Wildman–Crippen LogP) is 3.88. The standard InChI is InChI=1S/C25H25ClN2O5/c26-17-6-7-22-18(11-17)21(29)12-23(33-22)24(30)27-19-9-16-8-15(19)10-20(16)28-25(31)32-13-14-4-2-1-3-5-14/h1-7,11,15-16,19-20,23H,8-10,12-13H2,(H,27,30)(H,28,31)/t15?,16?,19?,20?,23-/m1/s1. The summed E-state index contributed by atoms with van der Waals surface area (Å²) < 4.78 is 11.1. The minimum absolute atomic E-state index is 0.00255. The average molecular weight is 469 g/mol. The largest absolute Gasteiger partial charge is 0.479 e. The molecule has 0 spiro atoms. The molecule has 7 nitrogen and oxygen atoms in total. The monoisotopic (exact) mass is 468 g/mol. The molecule has 0 aromatic heterocycles. The van der Waals surface area contributed by atoms with Crippen LogP contribution < -0.4 is 15.4 Å². The maximum atomic E-state index is 12.8. The van der Waals surface area contributed by atoms with Crippen molar-refractivity contribution >= 4 is 29.4 Å². The molecule has 172 valence electrons. The molecule has 0 saturated heterocycles.